The van der Waals surface area contributed by atoms with E-state index in [0.29, 0.717) is 0 Å². The number of hydrogen-bond donors (Lipinski definition) is 1. The first kappa shape index (κ1) is 15.1. The molecular formula is C18H21N3S. The third kappa shape index (κ3) is 3.51. The molecule has 1 N–H and O–H groups in total. The van der Waals surface area contributed by atoms with Crippen LogP contribution in [0.5, 0.6) is 0 Å². The minimum absolute atomic E-state index is 0.972. The summed E-state index contributed by atoms with van der Waals surface area (Å²) in [6, 6.07) is 10.7. The van der Waals surface area contributed by atoms with Crippen LogP contribution in [0.1, 0.15) is 11.1 Å². The Balaban J connectivity index is 1.83. The van der Waals surface area contributed by atoms with Crippen LogP contribution in [-0.2, 0) is 12.2 Å². The van der Waals surface area contributed by atoms with Gasteiger partial charge in [0.25, 0.3) is 0 Å². The van der Waals surface area contributed by atoms with Crippen molar-refractivity contribution in [1.82, 2.24) is 14.9 Å². The van der Waals surface area contributed by atoms with Crippen molar-refractivity contribution in [2.75, 3.05) is 20.6 Å². The van der Waals surface area contributed by atoms with Crippen molar-refractivity contribution in [3.63, 3.8) is 0 Å². The normalized spacial score (nSPS) is 11.4. The van der Waals surface area contributed by atoms with Gasteiger partial charge < -0.3 is 9.88 Å². The molecule has 2 heterocycles. The van der Waals surface area contributed by atoms with Crippen LogP contribution in [0.2, 0.25) is 0 Å². The number of hydrogen-bond acceptors (Lipinski definition) is 3. The average molecular weight is 311 g/mol. The molecule has 0 saturated heterocycles. The highest BCUT2D eigenvalue weighted by atomic mass is 32.2. The van der Waals surface area contributed by atoms with Gasteiger partial charge in [-0.2, -0.15) is 0 Å². The Labute approximate surface area is 135 Å². The summed E-state index contributed by atoms with van der Waals surface area (Å²) in [6.07, 6.45) is 6.94. The van der Waals surface area contributed by atoms with Crippen molar-refractivity contribution >= 4 is 22.7 Å². The average Bonchev–Trinajstić information content (AvgIpc) is 2.96. The Kier molecular flexibility index (Phi) is 4.80. The molecule has 4 heteroatoms. The number of benzene rings is 1. The second-order valence-corrected chi connectivity index (χ2v) is 6.71. The Hall–Kier alpha value is -1.78. The van der Waals surface area contributed by atoms with E-state index in [1.165, 1.54) is 26.9 Å². The number of aromatic nitrogens is 2. The van der Waals surface area contributed by atoms with E-state index in [9.17, 15) is 0 Å². The lowest BCUT2D eigenvalue weighted by Crippen LogP contribution is -2.14. The molecule has 3 rings (SSSR count). The highest BCUT2D eigenvalue weighted by Gasteiger charge is 2.09. The van der Waals surface area contributed by atoms with Crippen LogP contribution in [-0.4, -0.2) is 35.5 Å². The molecule has 1 aromatic carbocycles. The zero-order valence-corrected chi connectivity index (χ0v) is 13.9. The monoisotopic (exact) mass is 311 g/mol. The third-order valence-corrected chi connectivity index (χ3v) is 4.85. The van der Waals surface area contributed by atoms with Crippen LogP contribution in [0.15, 0.2) is 53.8 Å². The summed E-state index contributed by atoms with van der Waals surface area (Å²) in [6.45, 7) is 1.07. The van der Waals surface area contributed by atoms with Crippen molar-refractivity contribution < 1.29 is 0 Å². The highest BCUT2D eigenvalue weighted by molar-refractivity contribution is 7.98. The largest absolute Gasteiger partial charge is 0.361 e. The van der Waals surface area contributed by atoms with E-state index in [4.69, 9.17) is 0 Å². The number of aromatic amines is 1. The summed E-state index contributed by atoms with van der Waals surface area (Å²) in [7, 11) is 4.24. The van der Waals surface area contributed by atoms with E-state index in [1.807, 2.05) is 24.2 Å². The van der Waals surface area contributed by atoms with Crippen LogP contribution < -0.4 is 0 Å². The van der Waals surface area contributed by atoms with E-state index < -0.39 is 0 Å². The molecule has 0 atom stereocenters. The second kappa shape index (κ2) is 6.99. The van der Waals surface area contributed by atoms with Crippen molar-refractivity contribution in [3.05, 3.63) is 60.0 Å². The van der Waals surface area contributed by atoms with Crippen molar-refractivity contribution in [1.29, 1.82) is 0 Å². The Bertz CT molecular complexity index is 734. The maximum absolute atomic E-state index is 4.08. The van der Waals surface area contributed by atoms with Crippen LogP contribution in [0, 0.1) is 0 Å². The molecule has 0 amide bonds. The number of H-pyrrole nitrogens is 1. The standard InChI is InChI=1S/C18H21N3S/c1-21(2)11-8-15-12-20-16-4-3-5-17(18(15)16)22-13-14-6-9-19-10-7-14/h3-7,9-10,12,20H,8,11,13H2,1-2H3. The highest BCUT2D eigenvalue weighted by Crippen LogP contribution is 2.32. The maximum atomic E-state index is 4.08. The molecule has 0 unspecified atom stereocenters. The number of pyridine rings is 1. The minimum Gasteiger partial charge on any atom is -0.361 e. The predicted molar refractivity (Wildman–Crippen MR) is 94.4 cm³/mol. The fourth-order valence-electron chi connectivity index (χ4n) is 2.52. The van der Waals surface area contributed by atoms with Gasteiger partial charge in [0, 0.05) is 46.7 Å². The molecular weight excluding hydrogens is 290 g/mol. The van der Waals surface area contributed by atoms with E-state index in [-0.39, 0.29) is 0 Å². The van der Waals surface area contributed by atoms with Gasteiger partial charge in [-0.25, -0.2) is 0 Å². The first-order chi connectivity index (χ1) is 10.7. The SMILES string of the molecule is CN(C)CCc1c[nH]c2cccc(SCc3ccncc3)c12. The van der Waals surface area contributed by atoms with E-state index in [1.54, 1.807) is 0 Å². The maximum Gasteiger partial charge on any atom is 0.0468 e. The van der Waals surface area contributed by atoms with Gasteiger partial charge in [-0.1, -0.05) is 6.07 Å². The lowest BCUT2D eigenvalue weighted by Gasteiger charge is -2.10. The van der Waals surface area contributed by atoms with E-state index in [0.717, 1.165) is 18.7 Å². The van der Waals surface area contributed by atoms with Crippen LogP contribution in [0.3, 0.4) is 0 Å². The van der Waals surface area contributed by atoms with Crippen LogP contribution >= 0.6 is 11.8 Å². The summed E-state index contributed by atoms with van der Waals surface area (Å²) in [5.74, 6) is 0.972. The molecule has 0 radical (unpaired) electrons. The summed E-state index contributed by atoms with van der Waals surface area (Å²) in [5, 5.41) is 1.38. The Morgan fingerprint density at radius 1 is 1.14 bits per heavy atom. The van der Waals surface area contributed by atoms with Gasteiger partial charge in [-0.15, -0.1) is 11.8 Å². The predicted octanol–water partition coefficient (Wildman–Crippen LogP) is 3.96. The minimum atomic E-state index is 0.972. The number of nitrogens with one attached hydrogen (secondary N) is 1. The van der Waals surface area contributed by atoms with Gasteiger partial charge >= 0.3 is 0 Å². The van der Waals surface area contributed by atoms with Crippen molar-refractivity contribution in [2.24, 2.45) is 0 Å². The number of nitrogens with zero attached hydrogens (tertiary/aromatic N) is 2. The first-order valence-corrected chi connectivity index (χ1v) is 8.48. The first-order valence-electron chi connectivity index (χ1n) is 7.49. The number of fused-ring (bicyclic) bond motifs is 1. The molecule has 2 aromatic heterocycles. The summed E-state index contributed by atoms with van der Waals surface area (Å²) < 4.78 is 0. The quantitative estimate of drug-likeness (QED) is 0.699. The molecule has 0 aliphatic rings. The fourth-order valence-corrected chi connectivity index (χ4v) is 3.60. The van der Waals surface area contributed by atoms with Gasteiger partial charge in [0.15, 0.2) is 0 Å². The fraction of sp³-hybridized carbons (Fsp3) is 0.278. The molecule has 22 heavy (non-hydrogen) atoms. The number of likely N-dealkylation sites (N-methyl/N-ethyl adjacent to an activating group) is 1. The molecule has 0 aliphatic carbocycles. The molecule has 0 spiro atoms. The zero-order valence-electron chi connectivity index (χ0n) is 13.0. The van der Waals surface area contributed by atoms with Gasteiger partial charge in [-0.3, -0.25) is 4.98 Å². The molecule has 0 fully saturated rings. The van der Waals surface area contributed by atoms with Gasteiger partial charge in [0.2, 0.25) is 0 Å². The summed E-state index contributed by atoms with van der Waals surface area (Å²) >= 11 is 1.89. The molecule has 0 saturated carbocycles. The molecule has 0 bridgehead atoms. The van der Waals surface area contributed by atoms with Crippen molar-refractivity contribution in [3.8, 4) is 0 Å². The zero-order chi connectivity index (χ0) is 15.4. The van der Waals surface area contributed by atoms with Gasteiger partial charge in [0.1, 0.15) is 0 Å². The second-order valence-electron chi connectivity index (χ2n) is 5.69. The van der Waals surface area contributed by atoms with E-state index in [2.05, 4.69) is 65.5 Å². The molecule has 0 aliphatic heterocycles. The molecule has 3 nitrogen and oxygen atoms in total. The van der Waals surface area contributed by atoms with Crippen LogP contribution in [0.25, 0.3) is 10.9 Å². The van der Waals surface area contributed by atoms with E-state index >= 15 is 0 Å². The Morgan fingerprint density at radius 2 is 1.95 bits per heavy atom. The molecule has 114 valence electrons. The van der Waals surface area contributed by atoms with Crippen molar-refractivity contribution in [2.45, 2.75) is 17.1 Å². The summed E-state index contributed by atoms with van der Waals surface area (Å²) in [5.41, 5.74) is 3.94. The number of thioether (sulfide) groups is 1. The lowest BCUT2D eigenvalue weighted by atomic mass is 10.1. The smallest absolute Gasteiger partial charge is 0.0468 e. The topological polar surface area (TPSA) is 31.9 Å². The third-order valence-electron chi connectivity index (χ3n) is 3.72. The summed E-state index contributed by atoms with van der Waals surface area (Å²) in [4.78, 5) is 11.1. The lowest BCUT2D eigenvalue weighted by molar-refractivity contribution is 0.414. The molecule has 3 aromatic rings. The van der Waals surface area contributed by atoms with Gasteiger partial charge in [-0.05, 0) is 55.9 Å². The number of rotatable bonds is 6. The van der Waals surface area contributed by atoms with Gasteiger partial charge in [0.05, 0.1) is 0 Å². The van der Waals surface area contributed by atoms with Crippen LogP contribution in [0.4, 0.5) is 0 Å². The Morgan fingerprint density at radius 3 is 2.73 bits per heavy atom.